The van der Waals surface area contributed by atoms with E-state index in [4.69, 9.17) is 0 Å². The van der Waals surface area contributed by atoms with Gasteiger partial charge in [-0.1, -0.05) is 0 Å². The third-order valence-electron chi connectivity index (χ3n) is 2.13. The molecule has 0 radical (unpaired) electrons. The highest BCUT2D eigenvalue weighted by atomic mass is 32.2. The van der Waals surface area contributed by atoms with Crippen molar-refractivity contribution in [2.75, 3.05) is 0 Å². The third-order valence-corrected chi connectivity index (χ3v) is 3.63. The summed E-state index contributed by atoms with van der Waals surface area (Å²) in [5.74, 6) is 0. The average Bonchev–Trinajstić information content (AvgIpc) is 1.73. The van der Waals surface area contributed by atoms with Crippen LogP contribution in [0.25, 0.3) is 0 Å². The standard InChI is InChI=1S/C8H17NS/c1-6-7(2,3)10-8(4,5)9-6/h6,9H,1-5H3. The zero-order valence-electron chi connectivity index (χ0n) is 7.49. The molecule has 2 heteroatoms. The summed E-state index contributed by atoms with van der Waals surface area (Å²) in [5, 5.41) is 3.55. The van der Waals surface area contributed by atoms with Crippen LogP contribution >= 0.6 is 11.8 Å². The Balaban J connectivity index is 2.71. The van der Waals surface area contributed by atoms with Crippen molar-refractivity contribution in [3.63, 3.8) is 0 Å². The molecule has 0 amide bonds. The molecule has 1 N–H and O–H groups in total. The molecule has 0 aromatic carbocycles. The Morgan fingerprint density at radius 2 is 1.70 bits per heavy atom. The molecule has 1 atom stereocenters. The van der Waals surface area contributed by atoms with Crippen molar-refractivity contribution in [1.29, 1.82) is 0 Å². The van der Waals surface area contributed by atoms with Crippen molar-refractivity contribution in [3.05, 3.63) is 0 Å². The monoisotopic (exact) mass is 159 g/mol. The van der Waals surface area contributed by atoms with Crippen LogP contribution in [0, 0.1) is 0 Å². The second kappa shape index (κ2) is 2.15. The molecule has 1 aliphatic heterocycles. The lowest BCUT2D eigenvalue weighted by Gasteiger charge is -2.21. The van der Waals surface area contributed by atoms with E-state index in [1.807, 2.05) is 11.8 Å². The van der Waals surface area contributed by atoms with Gasteiger partial charge in [0.1, 0.15) is 0 Å². The van der Waals surface area contributed by atoms with E-state index < -0.39 is 0 Å². The molecule has 0 aliphatic carbocycles. The molecule has 1 aliphatic rings. The van der Waals surface area contributed by atoms with Gasteiger partial charge in [-0.05, 0) is 34.6 Å². The SMILES string of the molecule is CC1NC(C)(C)SC1(C)C. The van der Waals surface area contributed by atoms with Crippen LogP contribution in [0.2, 0.25) is 0 Å². The molecule has 0 saturated carbocycles. The molecule has 1 fully saturated rings. The molecule has 0 aromatic heterocycles. The zero-order valence-corrected chi connectivity index (χ0v) is 8.30. The number of hydrogen-bond donors (Lipinski definition) is 1. The maximum atomic E-state index is 3.55. The number of thioether (sulfide) groups is 1. The largest absolute Gasteiger partial charge is 0.299 e. The van der Waals surface area contributed by atoms with Crippen LogP contribution < -0.4 is 5.32 Å². The zero-order chi connectivity index (χ0) is 7.99. The third kappa shape index (κ3) is 1.48. The molecule has 1 nitrogen and oxygen atoms in total. The quantitative estimate of drug-likeness (QED) is 0.581. The molecule has 10 heavy (non-hydrogen) atoms. The van der Waals surface area contributed by atoms with Gasteiger partial charge >= 0.3 is 0 Å². The summed E-state index contributed by atoms with van der Waals surface area (Å²) in [6.07, 6.45) is 0. The van der Waals surface area contributed by atoms with Gasteiger partial charge in [0, 0.05) is 10.8 Å². The van der Waals surface area contributed by atoms with E-state index in [0.717, 1.165) is 0 Å². The molecule has 0 spiro atoms. The van der Waals surface area contributed by atoms with Gasteiger partial charge < -0.3 is 0 Å². The lowest BCUT2D eigenvalue weighted by Crippen LogP contribution is -2.38. The fourth-order valence-corrected chi connectivity index (χ4v) is 3.26. The van der Waals surface area contributed by atoms with Crippen LogP contribution in [0.5, 0.6) is 0 Å². The summed E-state index contributed by atoms with van der Waals surface area (Å²) < 4.78 is 0.392. The van der Waals surface area contributed by atoms with Crippen LogP contribution in [0.3, 0.4) is 0 Å². The molecule has 0 bridgehead atoms. The molecular weight excluding hydrogens is 142 g/mol. The Morgan fingerprint density at radius 3 is 1.80 bits per heavy atom. The minimum atomic E-state index is 0.267. The van der Waals surface area contributed by atoms with Crippen molar-refractivity contribution in [3.8, 4) is 0 Å². The fourth-order valence-electron chi connectivity index (χ4n) is 1.47. The Labute approximate surface area is 68.0 Å². The molecule has 1 unspecified atom stereocenters. The van der Waals surface area contributed by atoms with E-state index in [1.165, 1.54) is 0 Å². The highest BCUT2D eigenvalue weighted by molar-refractivity contribution is 8.02. The maximum absolute atomic E-state index is 3.55. The van der Waals surface area contributed by atoms with Gasteiger partial charge in [0.15, 0.2) is 0 Å². The topological polar surface area (TPSA) is 12.0 Å². The first-order valence-electron chi connectivity index (χ1n) is 3.81. The van der Waals surface area contributed by atoms with Gasteiger partial charge in [-0.3, -0.25) is 5.32 Å². The highest BCUT2D eigenvalue weighted by Crippen LogP contribution is 2.43. The van der Waals surface area contributed by atoms with E-state index in [-0.39, 0.29) is 4.87 Å². The van der Waals surface area contributed by atoms with Crippen molar-refractivity contribution in [2.45, 2.75) is 50.3 Å². The molecule has 60 valence electrons. The Kier molecular flexibility index (Phi) is 1.80. The summed E-state index contributed by atoms with van der Waals surface area (Å²) in [7, 11) is 0. The Bertz CT molecular complexity index is 140. The van der Waals surface area contributed by atoms with Crippen molar-refractivity contribution in [1.82, 2.24) is 5.32 Å². The van der Waals surface area contributed by atoms with Crippen LogP contribution in [-0.4, -0.2) is 15.7 Å². The summed E-state index contributed by atoms with van der Waals surface area (Å²) in [6.45, 7) is 11.3. The van der Waals surface area contributed by atoms with Crippen molar-refractivity contribution in [2.24, 2.45) is 0 Å². The Morgan fingerprint density at radius 1 is 1.20 bits per heavy atom. The number of nitrogens with one attached hydrogen (secondary N) is 1. The first kappa shape index (κ1) is 8.41. The first-order valence-corrected chi connectivity index (χ1v) is 4.63. The second-order valence-electron chi connectivity index (χ2n) is 4.08. The van der Waals surface area contributed by atoms with E-state index in [9.17, 15) is 0 Å². The molecule has 1 saturated heterocycles. The lowest BCUT2D eigenvalue weighted by molar-refractivity contribution is 0.447. The normalized spacial score (nSPS) is 36.3. The minimum absolute atomic E-state index is 0.267. The van der Waals surface area contributed by atoms with E-state index in [2.05, 4.69) is 39.9 Å². The molecule has 1 rings (SSSR count). The second-order valence-corrected chi connectivity index (χ2v) is 6.36. The predicted molar refractivity (Wildman–Crippen MR) is 48.3 cm³/mol. The summed E-state index contributed by atoms with van der Waals surface area (Å²) in [6, 6.07) is 0.618. The van der Waals surface area contributed by atoms with E-state index >= 15 is 0 Å². The summed E-state index contributed by atoms with van der Waals surface area (Å²) in [5.41, 5.74) is 0. The first-order chi connectivity index (χ1) is 4.33. The van der Waals surface area contributed by atoms with Gasteiger partial charge in [0.2, 0.25) is 0 Å². The molecule has 1 heterocycles. The van der Waals surface area contributed by atoms with Crippen LogP contribution in [0.1, 0.15) is 34.6 Å². The van der Waals surface area contributed by atoms with Crippen molar-refractivity contribution < 1.29 is 0 Å². The summed E-state index contributed by atoms with van der Waals surface area (Å²) >= 11 is 2.02. The van der Waals surface area contributed by atoms with Crippen LogP contribution in [0.15, 0.2) is 0 Å². The number of hydrogen-bond acceptors (Lipinski definition) is 2. The van der Waals surface area contributed by atoms with Crippen LogP contribution in [-0.2, 0) is 0 Å². The smallest absolute Gasteiger partial charge is 0.0596 e. The predicted octanol–water partition coefficient (Wildman–Crippen LogP) is 2.23. The van der Waals surface area contributed by atoms with E-state index in [0.29, 0.717) is 10.8 Å². The number of rotatable bonds is 0. The lowest BCUT2D eigenvalue weighted by atomic mass is 10.1. The Hall–Kier alpha value is 0.310. The minimum Gasteiger partial charge on any atom is -0.299 e. The highest BCUT2D eigenvalue weighted by Gasteiger charge is 2.42. The molecular formula is C8H17NS. The van der Waals surface area contributed by atoms with Gasteiger partial charge in [-0.25, -0.2) is 0 Å². The van der Waals surface area contributed by atoms with Gasteiger partial charge in [0.25, 0.3) is 0 Å². The van der Waals surface area contributed by atoms with E-state index in [1.54, 1.807) is 0 Å². The van der Waals surface area contributed by atoms with Crippen molar-refractivity contribution >= 4 is 11.8 Å². The summed E-state index contributed by atoms with van der Waals surface area (Å²) in [4.78, 5) is 0.267. The molecule has 0 aromatic rings. The van der Waals surface area contributed by atoms with Gasteiger partial charge in [-0.15, -0.1) is 11.8 Å². The average molecular weight is 159 g/mol. The van der Waals surface area contributed by atoms with Gasteiger partial charge in [0.05, 0.1) is 4.87 Å². The maximum Gasteiger partial charge on any atom is 0.0596 e. The van der Waals surface area contributed by atoms with Crippen LogP contribution in [0.4, 0.5) is 0 Å². The van der Waals surface area contributed by atoms with Gasteiger partial charge in [-0.2, -0.15) is 0 Å². The fraction of sp³-hybridized carbons (Fsp3) is 1.00.